The lowest BCUT2D eigenvalue weighted by atomic mass is 9.81. The molecule has 0 saturated carbocycles. The Hall–Kier alpha value is -3.35. The molecule has 0 bridgehead atoms. The highest BCUT2D eigenvalue weighted by Crippen LogP contribution is 2.47. The smallest absolute Gasteiger partial charge is 0.305 e. The van der Waals surface area contributed by atoms with Crippen LogP contribution in [0.25, 0.3) is 0 Å². The number of anilines is 1. The van der Waals surface area contributed by atoms with Gasteiger partial charge in [0.2, 0.25) is 5.69 Å². The lowest BCUT2D eigenvalue weighted by molar-refractivity contribution is -0.442. The van der Waals surface area contributed by atoms with Gasteiger partial charge >= 0.3 is 5.97 Å². The van der Waals surface area contributed by atoms with Crippen molar-refractivity contribution in [2.45, 2.75) is 44.9 Å². The van der Waals surface area contributed by atoms with Gasteiger partial charge in [0, 0.05) is 48.2 Å². The molecule has 2 heterocycles. The molecular formula is C41H57ClN2O8. The van der Waals surface area contributed by atoms with Crippen LogP contribution in [0.15, 0.2) is 84.6 Å². The number of carboxylic acids is 1. The average Bonchev–Trinajstić information content (AvgIpc) is 3.46. The van der Waals surface area contributed by atoms with E-state index in [9.17, 15) is 4.79 Å². The van der Waals surface area contributed by atoms with Crippen LogP contribution in [0.5, 0.6) is 0 Å². The molecule has 11 heteroatoms. The molecule has 0 unspecified atom stereocenters. The number of fused-ring (bicyclic) bond motifs is 2. The van der Waals surface area contributed by atoms with Gasteiger partial charge < -0.3 is 50.8 Å². The normalized spacial score (nSPS) is 16.6. The number of allylic oxidation sites excluding steroid dienone is 6. The number of methoxy groups -OCH3 is 1. The van der Waals surface area contributed by atoms with Crippen LogP contribution in [0.2, 0.25) is 0 Å². The fourth-order valence-electron chi connectivity index (χ4n) is 6.60. The van der Waals surface area contributed by atoms with E-state index in [4.69, 9.17) is 33.5 Å². The fraction of sp³-hybridized carbons (Fsp3) is 0.512. The number of halogens is 1. The first-order valence-corrected chi connectivity index (χ1v) is 18.0. The Morgan fingerprint density at radius 1 is 0.712 bits per heavy atom. The maximum Gasteiger partial charge on any atom is 0.305 e. The Morgan fingerprint density at radius 2 is 1.29 bits per heavy atom. The second kappa shape index (κ2) is 22.0. The van der Waals surface area contributed by atoms with Gasteiger partial charge in [0.15, 0.2) is 12.3 Å². The Bertz CT molecular complexity index is 1530. The second-order valence-electron chi connectivity index (χ2n) is 13.5. The number of carbonyl (C=O) groups is 1. The zero-order valence-corrected chi connectivity index (χ0v) is 32.2. The predicted molar refractivity (Wildman–Crippen MR) is 201 cm³/mol. The van der Waals surface area contributed by atoms with E-state index in [2.05, 4.69) is 116 Å². The van der Waals surface area contributed by atoms with Crippen LogP contribution in [0, 0.1) is 0 Å². The summed E-state index contributed by atoms with van der Waals surface area (Å²) in [5, 5.41) is 8.77. The van der Waals surface area contributed by atoms with Crippen LogP contribution in [0.3, 0.4) is 0 Å². The number of hydrogen-bond acceptors (Lipinski definition) is 8. The molecule has 0 radical (unpaired) electrons. The molecule has 0 spiro atoms. The summed E-state index contributed by atoms with van der Waals surface area (Å²) in [7, 11) is 1.66. The monoisotopic (exact) mass is 740 g/mol. The molecule has 1 N–H and O–H groups in total. The van der Waals surface area contributed by atoms with Crippen molar-refractivity contribution in [1.29, 1.82) is 0 Å². The van der Waals surface area contributed by atoms with Gasteiger partial charge in [-0.3, -0.25) is 4.79 Å². The molecular weight excluding hydrogens is 684 g/mol. The first kappa shape index (κ1) is 43.1. The van der Waals surface area contributed by atoms with Crippen LogP contribution in [-0.2, 0) is 44.0 Å². The van der Waals surface area contributed by atoms with Crippen LogP contribution in [0.4, 0.5) is 11.4 Å². The molecule has 286 valence electrons. The summed E-state index contributed by atoms with van der Waals surface area (Å²) in [6.07, 6.45) is 10.8. The van der Waals surface area contributed by atoms with E-state index >= 15 is 0 Å². The summed E-state index contributed by atoms with van der Waals surface area (Å²) in [5.74, 6) is -0.862. The number of carboxylic acid groups (broad SMARTS) is 1. The number of para-hydroxylation sites is 2. The van der Waals surface area contributed by atoms with Crippen LogP contribution < -0.4 is 17.3 Å². The maximum atomic E-state index is 10.7. The lowest BCUT2D eigenvalue weighted by Gasteiger charge is -2.27. The van der Waals surface area contributed by atoms with Crippen molar-refractivity contribution in [2.75, 3.05) is 97.8 Å². The summed E-state index contributed by atoms with van der Waals surface area (Å²) < 4.78 is 35.6. The molecule has 2 aromatic rings. The Balaban J connectivity index is 0.00000729. The zero-order chi connectivity index (χ0) is 36.5. The minimum atomic E-state index is -0.862. The number of aliphatic carboxylic acids is 1. The number of nitrogens with zero attached hydrogens (tertiary/aromatic N) is 2. The Kier molecular flexibility index (Phi) is 18.2. The molecule has 0 atom stereocenters. The first-order valence-electron chi connectivity index (χ1n) is 18.0. The van der Waals surface area contributed by atoms with Crippen molar-refractivity contribution < 1.29 is 55.3 Å². The summed E-state index contributed by atoms with van der Waals surface area (Å²) in [5.41, 5.74) is 7.11. The molecule has 0 aliphatic carbocycles. The highest BCUT2D eigenvalue weighted by Gasteiger charge is 2.44. The van der Waals surface area contributed by atoms with Gasteiger partial charge in [0.05, 0.1) is 77.9 Å². The quantitative estimate of drug-likeness (QED) is 0.0990. The van der Waals surface area contributed by atoms with Crippen molar-refractivity contribution in [2.24, 2.45) is 0 Å². The minimum absolute atomic E-state index is 0. The third kappa shape index (κ3) is 11.8. The summed E-state index contributed by atoms with van der Waals surface area (Å²) >= 11 is 0. The van der Waals surface area contributed by atoms with Gasteiger partial charge in [0.25, 0.3) is 0 Å². The molecule has 10 nitrogen and oxygen atoms in total. The number of benzene rings is 2. The molecule has 4 rings (SSSR count). The second-order valence-corrected chi connectivity index (χ2v) is 13.5. The average molecular weight is 741 g/mol. The third-order valence-electron chi connectivity index (χ3n) is 9.26. The molecule has 2 aliphatic heterocycles. The Labute approximate surface area is 316 Å². The van der Waals surface area contributed by atoms with Crippen LogP contribution >= 0.6 is 0 Å². The minimum Gasteiger partial charge on any atom is -1.00 e. The molecule has 2 aromatic carbocycles. The third-order valence-corrected chi connectivity index (χ3v) is 9.26. The molecule has 0 saturated heterocycles. The number of hydrogen-bond donors (Lipinski definition) is 1. The van der Waals surface area contributed by atoms with Crippen molar-refractivity contribution in [3.63, 3.8) is 0 Å². The van der Waals surface area contributed by atoms with Gasteiger partial charge in [-0.15, -0.1) is 0 Å². The summed E-state index contributed by atoms with van der Waals surface area (Å²) in [6.45, 7) is 15.9. The van der Waals surface area contributed by atoms with E-state index in [1.807, 2.05) is 0 Å². The number of rotatable bonds is 24. The van der Waals surface area contributed by atoms with Gasteiger partial charge in [-0.05, 0) is 31.6 Å². The van der Waals surface area contributed by atoms with Gasteiger partial charge in [-0.1, -0.05) is 68.5 Å². The van der Waals surface area contributed by atoms with Crippen LogP contribution in [-0.4, -0.2) is 114 Å². The van der Waals surface area contributed by atoms with E-state index in [1.54, 1.807) is 7.11 Å². The standard InChI is InChI=1S/C41H56N2O8.ClH/c1-40(2)33-13-9-11-15-35(33)42(20-23-48-28-27-47-22-19-39(44)45)37(40)17-7-6-8-18-38-41(3,4)34-14-10-12-16-36(34)43(38)21-24-49-29-30-51-32-31-50-26-25-46-5;/h6-18H,19-32H2,1-5H3;1H. The van der Waals surface area contributed by atoms with Crippen molar-refractivity contribution in [3.05, 3.63) is 95.7 Å². The van der Waals surface area contributed by atoms with E-state index in [-0.39, 0.29) is 36.3 Å². The highest BCUT2D eigenvalue weighted by atomic mass is 35.5. The first-order chi connectivity index (χ1) is 24.7. The van der Waals surface area contributed by atoms with Gasteiger partial charge in [-0.25, -0.2) is 0 Å². The highest BCUT2D eigenvalue weighted by molar-refractivity contribution is 6.03. The predicted octanol–water partition coefficient (Wildman–Crippen LogP) is 3.07. The summed E-state index contributed by atoms with van der Waals surface area (Å²) in [4.78, 5) is 13.0. The van der Waals surface area contributed by atoms with Gasteiger partial charge in [0.1, 0.15) is 6.61 Å². The SMILES string of the molecule is COCCOCCOCCOCC[N+]1=C(/C=C/C=C/C=C2/N(CCOCCOCCC(=O)O)c3ccccc3C2(C)C)C(C)(C)c2ccccc21.[Cl-]. The van der Waals surface area contributed by atoms with Crippen molar-refractivity contribution in [1.82, 2.24) is 0 Å². The van der Waals surface area contributed by atoms with Crippen LogP contribution in [0.1, 0.15) is 45.2 Å². The van der Waals surface area contributed by atoms with Crippen molar-refractivity contribution in [3.8, 4) is 0 Å². The lowest BCUT2D eigenvalue weighted by Crippen LogP contribution is -3.00. The molecule has 2 aliphatic rings. The largest absolute Gasteiger partial charge is 1.00 e. The van der Waals surface area contributed by atoms with E-state index in [0.29, 0.717) is 72.6 Å². The number of ether oxygens (including phenoxy) is 6. The van der Waals surface area contributed by atoms with E-state index in [1.165, 1.54) is 33.9 Å². The molecule has 0 fully saturated rings. The maximum absolute atomic E-state index is 10.7. The Morgan fingerprint density at radius 3 is 1.96 bits per heavy atom. The van der Waals surface area contributed by atoms with Crippen molar-refractivity contribution >= 4 is 23.1 Å². The molecule has 0 amide bonds. The molecule has 0 aromatic heterocycles. The van der Waals surface area contributed by atoms with E-state index in [0.717, 1.165) is 6.54 Å². The van der Waals surface area contributed by atoms with E-state index < -0.39 is 5.97 Å². The zero-order valence-electron chi connectivity index (χ0n) is 31.5. The summed E-state index contributed by atoms with van der Waals surface area (Å²) in [6, 6.07) is 17.2. The van der Waals surface area contributed by atoms with Gasteiger partial charge in [-0.2, -0.15) is 4.58 Å². The fourth-order valence-corrected chi connectivity index (χ4v) is 6.60. The molecule has 52 heavy (non-hydrogen) atoms. The topological polar surface area (TPSA) is 98.9 Å².